The third-order valence-corrected chi connectivity index (χ3v) is 7.92. The third-order valence-electron chi connectivity index (χ3n) is 7.92. The molecule has 2 N–H and O–H groups in total. The van der Waals surface area contributed by atoms with Gasteiger partial charge in [0.05, 0.1) is 25.2 Å². The quantitative estimate of drug-likeness (QED) is 0.623. The number of likely N-dealkylation sites (tertiary alicyclic amines) is 2. The fourth-order valence-electron chi connectivity index (χ4n) is 5.49. The number of nitrogens with zero attached hydrogens (tertiary/aromatic N) is 4. The SMILES string of the molecule is CC1(NCC(=O)N2CCCC2C#N)CCC(C(C)(C)NCC(=O)N2CCCC2C#N)CC1. The highest BCUT2D eigenvalue weighted by atomic mass is 16.2. The average Bonchev–Trinajstić information content (AvgIpc) is 3.45. The molecule has 3 fully saturated rings. The molecule has 2 amide bonds. The number of hydrogen-bond acceptors (Lipinski definition) is 6. The molecule has 2 unspecified atom stereocenters. The smallest absolute Gasteiger partial charge is 0.237 e. The molecule has 2 aliphatic heterocycles. The van der Waals surface area contributed by atoms with Gasteiger partial charge >= 0.3 is 0 Å². The fourth-order valence-corrected chi connectivity index (χ4v) is 5.49. The van der Waals surface area contributed by atoms with Gasteiger partial charge in [0.15, 0.2) is 0 Å². The number of amides is 2. The van der Waals surface area contributed by atoms with Crippen molar-refractivity contribution in [2.45, 2.75) is 95.3 Å². The predicted molar refractivity (Wildman–Crippen MR) is 121 cm³/mol. The van der Waals surface area contributed by atoms with Crippen LogP contribution in [0.2, 0.25) is 0 Å². The molecule has 8 nitrogen and oxygen atoms in total. The summed E-state index contributed by atoms with van der Waals surface area (Å²) in [7, 11) is 0. The molecule has 0 radical (unpaired) electrons. The first kappa shape index (κ1) is 24.5. The highest BCUT2D eigenvalue weighted by Gasteiger charge is 2.39. The molecule has 0 aromatic carbocycles. The summed E-state index contributed by atoms with van der Waals surface area (Å²) in [5, 5.41) is 25.4. The maximum absolute atomic E-state index is 12.6. The van der Waals surface area contributed by atoms with E-state index in [0.29, 0.717) is 19.0 Å². The van der Waals surface area contributed by atoms with Crippen LogP contribution in [0, 0.1) is 28.6 Å². The van der Waals surface area contributed by atoms with E-state index >= 15 is 0 Å². The number of nitrogens with one attached hydrogen (secondary N) is 2. The monoisotopic (exact) mass is 442 g/mol. The van der Waals surface area contributed by atoms with E-state index in [2.05, 4.69) is 43.5 Å². The lowest BCUT2D eigenvalue weighted by atomic mass is 9.70. The van der Waals surface area contributed by atoms with Gasteiger partial charge < -0.3 is 20.4 Å². The first-order valence-corrected chi connectivity index (χ1v) is 12.1. The molecule has 32 heavy (non-hydrogen) atoms. The predicted octanol–water partition coefficient (Wildman–Crippen LogP) is 1.92. The summed E-state index contributed by atoms with van der Waals surface area (Å²) in [6, 6.07) is 3.92. The summed E-state index contributed by atoms with van der Waals surface area (Å²) in [5.74, 6) is 0.476. The van der Waals surface area contributed by atoms with E-state index in [1.807, 2.05) is 0 Å². The second-order valence-corrected chi connectivity index (χ2v) is 10.5. The Morgan fingerprint density at radius 3 is 1.94 bits per heavy atom. The molecule has 0 spiro atoms. The van der Waals surface area contributed by atoms with Crippen molar-refractivity contribution in [1.82, 2.24) is 20.4 Å². The van der Waals surface area contributed by atoms with Gasteiger partial charge in [-0.1, -0.05) is 0 Å². The van der Waals surface area contributed by atoms with Crippen molar-refractivity contribution in [2.75, 3.05) is 26.2 Å². The largest absolute Gasteiger partial charge is 0.326 e. The van der Waals surface area contributed by atoms with Crippen LogP contribution in [-0.2, 0) is 9.59 Å². The van der Waals surface area contributed by atoms with Gasteiger partial charge in [0.1, 0.15) is 12.1 Å². The van der Waals surface area contributed by atoms with Gasteiger partial charge in [-0.3, -0.25) is 9.59 Å². The van der Waals surface area contributed by atoms with Crippen molar-refractivity contribution in [1.29, 1.82) is 10.5 Å². The zero-order chi connectivity index (χ0) is 23.4. The molecule has 176 valence electrons. The molecule has 0 aromatic heterocycles. The van der Waals surface area contributed by atoms with Crippen LogP contribution in [0.4, 0.5) is 0 Å². The molecule has 0 bridgehead atoms. The normalized spacial score (nSPS) is 30.7. The van der Waals surface area contributed by atoms with E-state index in [0.717, 1.165) is 51.4 Å². The van der Waals surface area contributed by atoms with Gasteiger partial charge in [0.25, 0.3) is 0 Å². The molecule has 2 heterocycles. The molecule has 2 atom stereocenters. The number of carbonyl (C=O) groups is 2. The van der Waals surface area contributed by atoms with Crippen LogP contribution in [0.5, 0.6) is 0 Å². The molecule has 8 heteroatoms. The van der Waals surface area contributed by atoms with Gasteiger partial charge in [-0.2, -0.15) is 10.5 Å². The summed E-state index contributed by atoms with van der Waals surface area (Å²) in [4.78, 5) is 28.6. The van der Waals surface area contributed by atoms with Crippen LogP contribution >= 0.6 is 0 Å². The highest BCUT2D eigenvalue weighted by molar-refractivity contribution is 5.79. The first-order valence-electron chi connectivity index (χ1n) is 12.1. The molecule has 3 aliphatic rings. The van der Waals surface area contributed by atoms with E-state index in [1.54, 1.807) is 9.80 Å². The van der Waals surface area contributed by atoms with E-state index < -0.39 is 0 Å². The van der Waals surface area contributed by atoms with Crippen molar-refractivity contribution in [3.8, 4) is 12.1 Å². The first-order chi connectivity index (χ1) is 15.2. The van der Waals surface area contributed by atoms with Crippen molar-refractivity contribution in [3.05, 3.63) is 0 Å². The third kappa shape index (κ3) is 5.60. The minimum absolute atomic E-state index is 0.0144. The van der Waals surface area contributed by atoms with E-state index in [-0.39, 0.29) is 48.1 Å². The maximum atomic E-state index is 12.6. The summed E-state index contributed by atoms with van der Waals surface area (Å²) in [6.45, 7) is 8.41. The zero-order valence-electron chi connectivity index (χ0n) is 19.8. The van der Waals surface area contributed by atoms with Crippen molar-refractivity contribution < 1.29 is 9.59 Å². The minimum atomic E-state index is -0.277. The molecule has 0 aromatic rings. The molecule has 3 rings (SSSR count). The Labute approximate surface area is 192 Å². The Kier molecular flexibility index (Phi) is 7.79. The lowest BCUT2D eigenvalue weighted by molar-refractivity contribution is -0.131. The minimum Gasteiger partial charge on any atom is -0.326 e. The van der Waals surface area contributed by atoms with Crippen LogP contribution in [0.15, 0.2) is 0 Å². The van der Waals surface area contributed by atoms with Gasteiger partial charge in [0, 0.05) is 24.2 Å². The molecule has 2 saturated heterocycles. The summed E-state index contributed by atoms with van der Waals surface area (Å²) >= 11 is 0. The highest BCUT2D eigenvalue weighted by Crippen LogP contribution is 2.37. The zero-order valence-corrected chi connectivity index (χ0v) is 19.8. The van der Waals surface area contributed by atoms with Gasteiger partial charge in [-0.05, 0) is 78.1 Å². The topological polar surface area (TPSA) is 112 Å². The lowest BCUT2D eigenvalue weighted by Gasteiger charge is -2.44. The standard InChI is InChI=1S/C24H38N6O2/c1-23(2,27-16-21(31)29-12-4-6-19(29)14-25)18-8-10-24(3,11-9-18)28-17-22(32)30-13-5-7-20(30)15-26/h18-20,27-28H,4-13,16-17H2,1-3H3. The molecular formula is C24H38N6O2. The lowest BCUT2D eigenvalue weighted by Crippen LogP contribution is -2.55. The van der Waals surface area contributed by atoms with Crippen molar-refractivity contribution >= 4 is 11.8 Å². The second-order valence-electron chi connectivity index (χ2n) is 10.5. The van der Waals surface area contributed by atoms with Gasteiger partial charge in [-0.25, -0.2) is 0 Å². The van der Waals surface area contributed by atoms with E-state index in [9.17, 15) is 20.1 Å². The number of hydrogen-bond donors (Lipinski definition) is 2. The number of nitriles is 2. The Bertz CT molecular complexity index is 774. The summed E-state index contributed by atoms with van der Waals surface area (Å²) in [5.41, 5.74) is -0.264. The van der Waals surface area contributed by atoms with Crippen LogP contribution in [-0.4, -0.2) is 71.0 Å². The van der Waals surface area contributed by atoms with Crippen molar-refractivity contribution in [3.63, 3.8) is 0 Å². The average molecular weight is 443 g/mol. The molecule has 1 saturated carbocycles. The summed E-state index contributed by atoms with van der Waals surface area (Å²) in [6.07, 6.45) is 7.32. The maximum Gasteiger partial charge on any atom is 0.237 e. The number of carbonyl (C=O) groups excluding carboxylic acids is 2. The van der Waals surface area contributed by atoms with Crippen LogP contribution < -0.4 is 10.6 Å². The van der Waals surface area contributed by atoms with Gasteiger partial charge in [0.2, 0.25) is 11.8 Å². The summed E-state index contributed by atoms with van der Waals surface area (Å²) < 4.78 is 0. The molecular weight excluding hydrogens is 404 g/mol. The molecule has 1 aliphatic carbocycles. The fraction of sp³-hybridized carbons (Fsp3) is 0.833. The van der Waals surface area contributed by atoms with Crippen molar-refractivity contribution in [2.24, 2.45) is 5.92 Å². The van der Waals surface area contributed by atoms with Crippen LogP contribution in [0.25, 0.3) is 0 Å². The number of rotatable bonds is 7. The Balaban J connectivity index is 1.44. The Morgan fingerprint density at radius 1 is 0.938 bits per heavy atom. The van der Waals surface area contributed by atoms with E-state index in [4.69, 9.17) is 0 Å². The van der Waals surface area contributed by atoms with Crippen LogP contribution in [0.3, 0.4) is 0 Å². The second kappa shape index (κ2) is 10.2. The van der Waals surface area contributed by atoms with Crippen LogP contribution in [0.1, 0.15) is 72.1 Å². The Morgan fingerprint density at radius 2 is 1.44 bits per heavy atom. The van der Waals surface area contributed by atoms with E-state index in [1.165, 1.54) is 0 Å². The van der Waals surface area contributed by atoms with Gasteiger partial charge in [-0.15, -0.1) is 0 Å². The Hall–Kier alpha value is -2.16.